The molecule has 0 atom stereocenters. The SMILES string of the molecule is O=C1CCCN1C(=O)CSc1nc(-c2ccccc2)c(-c2ccccc2)[nH]1. The maximum absolute atomic E-state index is 12.3. The maximum Gasteiger partial charge on any atom is 0.239 e. The number of likely N-dealkylation sites (tertiary alicyclic amines) is 1. The van der Waals surface area contributed by atoms with Gasteiger partial charge in [0.2, 0.25) is 11.8 Å². The zero-order valence-corrected chi connectivity index (χ0v) is 15.5. The molecule has 2 amide bonds. The van der Waals surface area contributed by atoms with Crippen molar-refractivity contribution in [3.8, 4) is 22.5 Å². The standard InChI is InChI=1S/C21H19N3O2S/c25-17-12-7-13-24(17)18(26)14-27-21-22-19(15-8-3-1-4-9-15)20(23-21)16-10-5-2-6-11-16/h1-6,8-11H,7,12-14H2,(H,22,23). The first-order valence-electron chi connectivity index (χ1n) is 8.89. The average Bonchev–Trinajstić information content (AvgIpc) is 3.34. The molecule has 0 saturated carbocycles. The molecule has 1 N–H and O–H groups in total. The quantitative estimate of drug-likeness (QED) is 0.683. The Morgan fingerprint density at radius 1 is 1.04 bits per heavy atom. The van der Waals surface area contributed by atoms with E-state index in [4.69, 9.17) is 4.98 Å². The van der Waals surface area contributed by atoms with Crippen molar-refractivity contribution in [2.24, 2.45) is 0 Å². The summed E-state index contributed by atoms with van der Waals surface area (Å²) in [7, 11) is 0. The number of hydrogen-bond donors (Lipinski definition) is 1. The number of carbonyl (C=O) groups is 2. The summed E-state index contributed by atoms with van der Waals surface area (Å²) in [6, 6.07) is 20.0. The number of imide groups is 1. The van der Waals surface area contributed by atoms with E-state index in [0.717, 1.165) is 28.9 Å². The van der Waals surface area contributed by atoms with Crippen LogP contribution < -0.4 is 0 Å². The summed E-state index contributed by atoms with van der Waals surface area (Å²) in [5, 5.41) is 0.674. The van der Waals surface area contributed by atoms with Crippen LogP contribution >= 0.6 is 11.8 Å². The van der Waals surface area contributed by atoms with Crippen LogP contribution in [0, 0.1) is 0 Å². The molecule has 5 nitrogen and oxygen atoms in total. The number of H-pyrrole nitrogens is 1. The Labute approximate surface area is 161 Å². The number of amides is 2. The fourth-order valence-electron chi connectivity index (χ4n) is 3.16. The highest BCUT2D eigenvalue weighted by Crippen LogP contribution is 2.32. The Morgan fingerprint density at radius 3 is 2.33 bits per heavy atom. The lowest BCUT2D eigenvalue weighted by molar-refractivity contribution is -0.140. The first kappa shape index (κ1) is 17.5. The molecular weight excluding hydrogens is 358 g/mol. The number of carbonyl (C=O) groups excluding carboxylic acids is 2. The van der Waals surface area contributed by atoms with E-state index in [1.54, 1.807) is 0 Å². The first-order valence-corrected chi connectivity index (χ1v) is 9.88. The molecule has 6 heteroatoms. The minimum atomic E-state index is -0.151. The lowest BCUT2D eigenvalue weighted by Gasteiger charge is -2.12. The van der Waals surface area contributed by atoms with Gasteiger partial charge in [-0.2, -0.15) is 0 Å². The Bertz CT molecular complexity index is 897. The number of benzene rings is 2. The second-order valence-corrected chi connectivity index (χ2v) is 7.29. The molecule has 1 fully saturated rings. The van der Waals surface area contributed by atoms with Crippen LogP contribution in [0.3, 0.4) is 0 Å². The highest BCUT2D eigenvalue weighted by Gasteiger charge is 2.26. The van der Waals surface area contributed by atoms with Gasteiger partial charge in [0.15, 0.2) is 5.16 Å². The van der Waals surface area contributed by atoms with Crippen LogP contribution in [0.1, 0.15) is 12.8 Å². The fourth-order valence-corrected chi connectivity index (χ4v) is 3.90. The highest BCUT2D eigenvalue weighted by atomic mass is 32.2. The van der Waals surface area contributed by atoms with Crippen molar-refractivity contribution in [3.63, 3.8) is 0 Å². The molecule has 1 aliphatic rings. The van der Waals surface area contributed by atoms with Crippen molar-refractivity contribution >= 4 is 23.6 Å². The van der Waals surface area contributed by atoms with Crippen molar-refractivity contribution < 1.29 is 9.59 Å². The molecule has 136 valence electrons. The molecule has 0 radical (unpaired) electrons. The Hall–Kier alpha value is -2.86. The summed E-state index contributed by atoms with van der Waals surface area (Å²) < 4.78 is 0. The van der Waals surface area contributed by atoms with E-state index in [2.05, 4.69) is 4.98 Å². The molecule has 2 heterocycles. The second-order valence-electron chi connectivity index (χ2n) is 6.33. The van der Waals surface area contributed by atoms with Crippen molar-refractivity contribution in [1.29, 1.82) is 0 Å². The maximum atomic E-state index is 12.3. The first-order chi connectivity index (χ1) is 13.2. The number of rotatable bonds is 5. The lowest BCUT2D eigenvalue weighted by atomic mass is 10.1. The summed E-state index contributed by atoms with van der Waals surface area (Å²) in [5.74, 6) is -0.0294. The lowest BCUT2D eigenvalue weighted by Crippen LogP contribution is -2.33. The third-order valence-corrected chi connectivity index (χ3v) is 5.36. The Kier molecular flexibility index (Phi) is 5.07. The smallest absolute Gasteiger partial charge is 0.239 e. The van der Waals surface area contributed by atoms with Crippen LogP contribution in [0.25, 0.3) is 22.5 Å². The zero-order valence-electron chi connectivity index (χ0n) is 14.7. The predicted molar refractivity (Wildman–Crippen MR) is 106 cm³/mol. The van der Waals surface area contributed by atoms with Gasteiger partial charge in [0.25, 0.3) is 0 Å². The molecule has 0 aliphatic carbocycles. The monoisotopic (exact) mass is 377 g/mol. The molecule has 1 aliphatic heterocycles. The van der Waals surface area contributed by atoms with Crippen LogP contribution in [0.5, 0.6) is 0 Å². The van der Waals surface area contributed by atoms with Gasteiger partial charge in [-0.15, -0.1) is 0 Å². The van der Waals surface area contributed by atoms with Crippen LogP contribution in [-0.4, -0.2) is 39.0 Å². The van der Waals surface area contributed by atoms with Gasteiger partial charge >= 0.3 is 0 Å². The molecule has 4 rings (SSSR count). The van der Waals surface area contributed by atoms with Gasteiger partial charge in [-0.1, -0.05) is 72.4 Å². The number of hydrogen-bond acceptors (Lipinski definition) is 4. The third-order valence-electron chi connectivity index (χ3n) is 4.50. The average molecular weight is 377 g/mol. The van der Waals surface area contributed by atoms with Crippen molar-refractivity contribution in [3.05, 3.63) is 60.7 Å². The van der Waals surface area contributed by atoms with Gasteiger partial charge in [0.05, 0.1) is 17.1 Å². The topological polar surface area (TPSA) is 66.1 Å². The molecule has 1 aromatic heterocycles. The number of nitrogens with zero attached hydrogens (tertiary/aromatic N) is 2. The Balaban J connectivity index is 1.60. The number of aromatic amines is 1. The van der Waals surface area contributed by atoms with Gasteiger partial charge in [-0.3, -0.25) is 14.5 Å². The van der Waals surface area contributed by atoms with E-state index in [1.807, 2.05) is 60.7 Å². The van der Waals surface area contributed by atoms with Crippen molar-refractivity contribution in [1.82, 2.24) is 14.9 Å². The van der Waals surface area contributed by atoms with Crippen LogP contribution in [0.4, 0.5) is 0 Å². The van der Waals surface area contributed by atoms with E-state index in [9.17, 15) is 9.59 Å². The normalized spacial score (nSPS) is 13.9. The van der Waals surface area contributed by atoms with E-state index < -0.39 is 0 Å². The molecule has 2 aromatic carbocycles. The minimum absolute atomic E-state index is 0.0741. The number of thioether (sulfide) groups is 1. The van der Waals surface area contributed by atoms with E-state index in [1.165, 1.54) is 16.7 Å². The summed E-state index contributed by atoms with van der Waals surface area (Å²) in [6.45, 7) is 0.529. The van der Waals surface area contributed by atoms with Gasteiger partial charge < -0.3 is 4.98 Å². The van der Waals surface area contributed by atoms with E-state index >= 15 is 0 Å². The van der Waals surface area contributed by atoms with E-state index in [-0.39, 0.29) is 17.6 Å². The van der Waals surface area contributed by atoms with Crippen LogP contribution in [0.2, 0.25) is 0 Å². The molecule has 0 bridgehead atoms. The molecule has 3 aromatic rings. The fraction of sp³-hybridized carbons (Fsp3) is 0.190. The van der Waals surface area contributed by atoms with Crippen LogP contribution in [0.15, 0.2) is 65.8 Å². The number of nitrogens with one attached hydrogen (secondary N) is 1. The second kappa shape index (κ2) is 7.80. The highest BCUT2D eigenvalue weighted by molar-refractivity contribution is 7.99. The summed E-state index contributed by atoms with van der Waals surface area (Å²) >= 11 is 1.33. The van der Waals surface area contributed by atoms with Crippen LogP contribution in [-0.2, 0) is 9.59 Å². The van der Waals surface area contributed by atoms with Gasteiger partial charge in [-0.05, 0) is 6.42 Å². The number of aromatic nitrogens is 2. The predicted octanol–water partition coefficient (Wildman–Crippen LogP) is 3.98. The molecule has 27 heavy (non-hydrogen) atoms. The molecular formula is C21H19N3O2S. The van der Waals surface area contributed by atoms with Crippen molar-refractivity contribution in [2.45, 2.75) is 18.0 Å². The van der Waals surface area contributed by atoms with Gasteiger partial charge in [0, 0.05) is 24.1 Å². The van der Waals surface area contributed by atoms with Gasteiger partial charge in [0.1, 0.15) is 0 Å². The number of imidazole rings is 1. The summed E-state index contributed by atoms with van der Waals surface area (Å²) in [6.07, 6.45) is 1.22. The largest absolute Gasteiger partial charge is 0.332 e. The molecule has 0 unspecified atom stereocenters. The summed E-state index contributed by atoms with van der Waals surface area (Å²) in [4.78, 5) is 33.5. The third kappa shape index (κ3) is 3.80. The molecule has 1 saturated heterocycles. The summed E-state index contributed by atoms with van der Waals surface area (Å²) in [5.41, 5.74) is 3.83. The Morgan fingerprint density at radius 2 is 1.70 bits per heavy atom. The molecule has 0 spiro atoms. The van der Waals surface area contributed by atoms with E-state index in [0.29, 0.717) is 18.1 Å². The van der Waals surface area contributed by atoms with Gasteiger partial charge in [-0.25, -0.2) is 4.98 Å². The zero-order chi connectivity index (χ0) is 18.6. The van der Waals surface area contributed by atoms with Crippen molar-refractivity contribution in [2.75, 3.05) is 12.3 Å². The minimum Gasteiger partial charge on any atom is -0.332 e.